The van der Waals surface area contributed by atoms with Crippen molar-refractivity contribution >= 4 is 17.6 Å². The maximum atomic E-state index is 12.4. The molecule has 2 aromatic carbocycles. The third-order valence-electron chi connectivity index (χ3n) is 4.68. The molecule has 0 atom stereocenters. The molecule has 1 aliphatic rings. The van der Waals surface area contributed by atoms with E-state index in [9.17, 15) is 9.59 Å². The summed E-state index contributed by atoms with van der Waals surface area (Å²) in [4.78, 5) is 26.1. The van der Waals surface area contributed by atoms with Crippen LogP contribution in [0.25, 0.3) is 0 Å². The van der Waals surface area contributed by atoms with Crippen molar-refractivity contribution in [3.63, 3.8) is 0 Å². The molecule has 3 rings (SSSR count). The number of carbonyl (C=O) groups excluding carboxylic acids is 2. The van der Waals surface area contributed by atoms with Crippen molar-refractivity contribution in [1.29, 1.82) is 0 Å². The summed E-state index contributed by atoms with van der Waals surface area (Å²) in [5, 5.41) is 0. The van der Waals surface area contributed by atoms with Crippen LogP contribution in [-0.2, 0) is 30.2 Å². The number of benzene rings is 2. The van der Waals surface area contributed by atoms with Crippen LogP contribution in [-0.4, -0.2) is 46.1 Å². The average molecular weight is 411 g/mol. The number of carbonyl (C=O) groups is 2. The number of rotatable bonds is 8. The minimum absolute atomic E-state index is 0.0245. The first-order valence-electron chi connectivity index (χ1n) is 9.66. The van der Waals surface area contributed by atoms with E-state index in [4.69, 9.17) is 18.9 Å². The van der Waals surface area contributed by atoms with E-state index in [1.54, 1.807) is 11.0 Å². The number of hydrogen-bond donors (Lipinski definition) is 0. The summed E-state index contributed by atoms with van der Waals surface area (Å²) >= 11 is 0. The molecule has 0 spiro atoms. The number of methoxy groups -OCH3 is 2. The first-order valence-corrected chi connectivity index (χ1v) is 9.66. The smallest absolute Gasteiger partial charge is 0.355 e. The SMILES string of the molecule is COC(=O)C1=C(C(=O)OC)N(c2cccc(OCCCc3ccccc3)c2)COC1. The number of aryl methyl sites for hydroxylation is 1. The van der Waals surface area contributed by atoms with Crippen LogP contribution < -0.4 is 9.64 Å². The topological polar surface area (TPSA) is 74.3 Å². The Kier molecular flexibility index (Phi) is 7.45. The van der Waals surface area contributed by atoms with E-state index in [0.29, 0.717) is 18.0 Å². The van der Waals surface area contributed by atoms with E-state index < -0.39 is 11.9 Å². The van der Waals surface area contributed by atoms with Crippen molar-refractivity contribution in [2.24, 2.45) is 0 Å². The Morgan fingerprint density at radius 3 is 2.50 bits per heavy atom. The highest BCUT2D eigenvalue weighted by atomic mass is 16.5. The molecule has 0 unspecified atom stereocenters. The molecule has 0 amide bonds. The molecule has 1 heterocycles. The molecule has 158 valence electrons. The molecule has 0 bridgehead atoms. The van der Waals surface area contributed by atoms with Crippen LogP contribution in [0.2, 0.25) is 0 Å². The molecule has 0 aromatic heterocycles. The molecule has 0 saturated heterocycles. The van der Waals surface area contributed by atoms with Crippen molar-refractivity contribution in [1.82, 2.24) is 0 Å². The number of nitrogens with zero attached hydrogens (tertiary/aromatic N) is 1. The van der Waals surface area contributed by atoms with Crippen molar-refractivity contribution < 1.29 is 28.5 Å². The van der Waals surface area contributed by atoms with E-state index in [2.05, 4.69) is 12.1 Å². The summed E-state index contributed by atoms with van der Waals surface area (Å²) in [6.07, 6.45) is 1.80. The number of esters is 2. The molecule has 0 saturated carbocycles. The Balaban J connectivity index is 1.73. The summed E-state index contributed by atoms with van der Waals surface area (Å²) in [5.41, 5.74) is 2.14. The number of hydrogen-bond acceptors (Lipinski definition) is 7. The lowest BCUT2D eigenvalue weighted by atomic mass is 10.1. The molecule has 0 N–H and O–H groups in total. The van der Waals surface area contributed by atoms with Gasteiger partial charge < -0.3 is 23.8 Å². The first kappa shape index (κ1) is 21.4. The monoisotopic (exact) mass is 411 g/mol. The van der Waals surface area contributed by atoms with Crippen LogP contribution in [0.5, 0.6) is 5.75 Å². The average Bonchev–Trinajstić information content (AvgIpc) is 2.81. The van der Waals surface area contributed by atoms with Crippen LogP contribution in [0.1, 0.15) is 12.0 Å². The van der Waals surface area contributed by atoms with Crippen molar-refractivity contribution in [3.05, 3.63) is 71.4 Å². The molecule has 30 heavy (non-hydrogen) atoms. The van der Waals surface area contributed by atoms with Crippen LogP contribution in [0, 0.1) is 0 Å². The Hall–Kier alpha value is -3.32. The predicted octanol–water partition coefficient (Wildman–Crippen LogP) is 3.09. The van der Waals surface area contributed by atoms with E-state index >= 15 is 0 Å². The third-order valence-corrected chi connectivity index (χ3v) is 4.68. The number of ether oxygens (including phenoxy) is 4. The lowest BCUT2D eigenvalue weighted by molar-refractivity contribution is -0.140. The normalized spacial score (nSPS) is 13.7. The quantitative estimate of drug-likeness (QED) is 0.488. The molecule has 0 aliphatic carbocycles. The van der Waals surface area contributed by atoms with Crippen molar-refractivity contribution in [2.45, 2.75) is 12.8 Å². The number of anilines is 1. The first-order chi connectivity index (χ1) is 14.6. The molecule has 0 radical (unpaired) electrons. The van der Waals surface area contributed by atoms with Crippen LogP contribution in [0.3, 0.4) is 0 Å². The Morgan fingerprint density at radius 1 is 1.00 bits per heavy atom. The Labute approximate surface area is 175 Å². The summed E-state index contributed by atoms with van der Waals surface area (Å²) < 4.78 is 21.1. The largest absolute Gasteiger partial charge is 0.494 e. The zero-order valence-electron chi connectivity index (χ0n) is 17.1. The van der Waals surface area contributed by atoms with Gasteiger partial charge in [0.1, 0.15) is 18.2 Å². The van der Waals surface area contributed by atoms with Gasteiger partial charge in [0.2, 0.25) is 0 Å². The molecule has 7 heteroatoms. The third kappa shape index (κ3) is 5.18. The molecule has 2 aromatic rings. The maximum absolute atomic E-state index is 12.4. The van der Waals surface area contributed by atoms with Crippen molar-refractivity contribution in [3.8, 4) is 5.75 Å². The zero-order chi connectivity index (χ0) is 21.3. The fraction of sp³-hybridized carbons (Fsp3) is 0.304. The van der Waals surface area contributed by atoms with Crippen LogP contribution >= 0.6 is 0 Å². The van der Waals surface area contributed by atoms with Gasteiger partial charge in [0.05, 0.1) is 33.0 Å². The predicted molar refractivity (Wildman–Crippen MR) is 111 cm³/mol. The van der Waals surface area contributed by atoms with Gasteiger partial charge in [-0.2, -0.15) is 0 Å². The van der Waals surface area contributed by atoms with E-state index in [1.165, 1.54) is 19.8 Å². The minimum atomic E-state index is -0.632. The molecule has 0 fully saturated rings. The maximum Gasteiger partial charge on any atom is 0.355 e. The highest BCUT2D eigenvalue weighted by molar-refractivity contribution is 6.03. The van der Waals surface area contributed by atoms with E-state index in [1.807, 2.05) is 36.4 Å². The van der Waals surface area contributed by atoms with E-state index in [0.717, 1.165) is 12.8 Å². The van der Waals surface area contributed by atoms with Gasteiger partial charge in [-0.1, -0.05) is 36.4 Å². The van der Waals surface area contributed by atoms with Gasteiger partial charge in [-0.3, -0.25) is 0 Å². The Bertz CT molecular complexity index is 909. The molecular weight excluding hydrogens is 386 g/mol. The van der Waals surface area contributed by atoms with Gasteiger partial charge in [-0.15, -0.1) is 0 Å². The molecule has 1 aliphatic heterocycles. The molecule has 7 nitrogen and oxygen atoms in total. The van der Waals surface area contributed by atoms with Gasteiger partial charge in [0.15, 0.2) is 0 Å². The Morgan fingerprint density at radius 2 is 1.77 bits per heavy atom. The second kappa shape index (κ2) is 10.5. The summed E-state index contributed by atoms with van der Waals surface area (Å²) in [6, 6.07) is 17.5. The summed E-state index contributed by atoms with van der Waals surface area (Å²) in [5.74, 6) is -0.601. The van der Waals surface area contributed by atoms with Gasteiger partial charge in [-0.25, -0.2) is 9.59 Å². The lowest BCUT2D eigenvalue weighted by Crippen LogP contribution is -2.38. The van der Waals surface area contributed by atoms with Crippen LogP contribution in [0.15, 0.2) is 65.9 Å². The van der Waals surface area contributed by atoms with Gasteiger partial charge in [0.25, 0.3) is 0 Å². The van der Waals surface area contributed by atoms with Gasteiger partial charge >= 0.3 is 11.9 Å². The van der Waals surface area contributed by atoms with Crippen LogP contribution in [0.4, 0.5) is 5.69 Å². The minimum Gasteiger partial charge on any atom is -0.494 e. The lowest BCUT2D eigenvalue weighted by Gasteiger charge is -2.31. The van der Waals surface area contributed by atoms with Gasteiger partial charge in [-0.05, 0) is 30.5 Å². The second-order valence-corrected chi connectivity index (χ2v) is 6.65. The van der Waals surface area contributed by atoms with Gasteiger partial charge in [0, 0.05) is 11.8 Å². The fourth-order valence-corrected chi connectivity index (χ4v) is 3.20. The molecular formula is C23H25NO6. The fourth-order valence-electron chi connectivity index (χ4n) is 3.20. The van der Waals surface area contributed by atoms with Crippen molar-refractivity contribution in [2.75, 3.05) is 39.1 Å². The standard InChI is InChI=1S/C23H25NO6/c1-27-22(25)20-15-29-16-24(21(20)23(26)28-2)18-11-6-12-19(14-18)30-13-7-10-17-8-4-3-5-9-17/h3-6,8-9,11-12,14H,7,10,13,15-16H2,1-2H3. The highest BCUT2D eigenvalue weighted by Gasteiger charge is 2.32. The second-order valence-electron chi connectivity index (χ2n) is 6.65. The summed E-state index contributed by atoms with van der Waals surface area (Å²) in [6.45, 7) is 0.633. The summed E-state index contributed by atoms with van der Waals surface area (Å²) in [7, 11) is 2.53. The van der Waals surface area contributed by atoms with E-state index in [-0.39, 0.29) is 24.6 Å². The highest BCUT2D eigenvalue weighted by Crippen LogP contribution is 2.29. The zero-order valence-corrected chi connectivity index (χ0v) is 17.1.